The first-order valence-electron chi connectivity index (χ1n) is 4.34. The number of aliphatic hydroxyl groups excluding tert-OH is 1. The Kier molecular flexibility index (Phi) is 3.88. The van der Waals surface area contributed by atoms with Gasteiger partial charge >= 0.3 is 0 Å². The molecule has 0 amide bonds. The van der Waals surface area contributed by atoms with Crippen molar-refractivity contribution < 1.29 is 18.6 Å². The van der Waals surface area contributed by atoms with Gasteiger partial charge in [0.1, 0.15) is 5.75 Å². The van der Waals surface area contributed by atoms with Crippen molar-refractivity contribution >= 4 is 11.6 Å². The minimum atomic E-state index is -3.06. The summed E-state index contributed by atoms with van der Waals surface area (Å²) in [5, 5.41) is 8.63. The van der Waals surface area contributed by atoms with Crippen molar-refractivity contribution in [3.05, 3.63) is 28.8 Å². The van der Waals surface area contributed by atoms with E-state index >= 15 is 0 Å². The summed E-state index contributed by atoms with van der Waals surface area (Å²) in [6, 6.07) is 3.76. The second-order valence-electron chi connectivity index (χ2n) is 3.03. The fraction of sp³-hybridized carbons (Fsp3) is 0.400. The highest BCUT2D eigenvalue weighted by molar-refractivity contribution is 6.32. The number of benzene rings is 1. The van der Waals surface area contributed by atoms with E-state index in [0.29, 0.717) is 5.75 Å². The Morgan fingerprint density at radius 2 is 2.13 bits per heavy atom. The number of hydrogen-bond donors (Lipinski definition) is 1. The van der Waals surface area contributed by atoms with Crippen LogP contribution in [0.2, 0.25) is 5.02 Å². The van der Waals surface area contributed by atoms with E-state index in [4.69, 9.17) is 21.4 Å². The number of hydrogen-bond acceptors (Lipinski definition) is 2. The van der Waals surface area contributed by atoms with Crippen LogP contribution in [0.15, 0.2) is 18.2 Å². The molecule has 0 heterocycles. The normalized spacial score (nSPS) is 11.5. The standard InChI is InChI=1S/C10H11ClF2O2/c1-15-9-3-2-7(6-8(9)11)10(12,13)4-5-14/h2-3,6,14H,4-5H2,1H3. The Labute approximate surface area is 91.4 Å². The molecule has 0 aliphatic carbocycles. The van der Waals surface area contributed by atoms with Crippen LogP contribution in [-0.4, -0.2) is 18.8 Å². The lowest BCUT2D eigenvalue weighted by Crippen LogP contribution is -2.15. The minimum Gasteiger partial charge on any atom is -0.495 e. The van der Waals surface area contributed by atoms with E-state index in [0.717, 1.165) is 6.07 Å². The monoisotopic (exact) mass is 236 g/mol. The topological polar surface area (TPSA) is 29.5 Å². The molecule has 0 aliphatic heterocycles. The maximum absolute atomic E-state index is 13.3. The molecule has 1 rings (SSSR count). The van der Waals surface area contributed by atoms with E-state index in [1.165, 1.54) is 19.2 Å². The van der Waals surface area contributed by atoms with E-state index in [1.54, 1.807) is 0 Å². The maximum Gasteiger partial charge on any atom is 0.275 e. The van der Waals surface area contributed by atoms with Gasteiger partial charge in [-0.05, 0) is 18.2 Å². The molecule has 0 fully saturated rings. The fourth-order valence-corrected chi connectivity index (χ4v) is 1.44. The summed E-state index contributed by atoms with van der Waals surface area (Å²) >= 11 is 5.71. The number of halogens is 3. The molecular formula is C10H11ClF2O2. The Morgan fingerprint density at radius 1 is 1.47 bits per heavy atom. The molecule has 0 radical (unpaired) electrons. The summed E-state index contributed by atoms with van der Waals surface area (Å²) in [5.41, 5.74) is -0.220. The Balaban J connectivity index is 3.01. The first-order chi connectivity index (χ1) is 7.01. The molecule has 0 unspecified atom stereocenters. The number of rotatable bonds is 4. The largest absolute Gasteiger partial charge is 0.495 e. The summed E-state index contributed by atoms with van der Waals surface area (Å²) in [6.45, 7) is -0.573. The zero-order valence-corrected chi connectivity index (χ0v) is 8.89. The average Bonchev–Trinajstić information content (AvgIpc) is 2.17. The molecule has 0 atom stereocenters. The molecule has 5 heteroatoms. The third-order valence-corrected chi connectivity index (χ3v) is 2.30. The van der Waals surface area contributed by atoms with Crippen molar-refractivity contribution in [1.82, 2.24) is 0 Å². The van der Waals surface area contributed by atoms with E-state index < -0.39 is 19.0 Å². The molecule has 1 aromatic carbocycles. The van der Waals surface area contributed by atoms with E-state index in [1.807, 2.05) is 0 Å². The molecule has 2 nitrogen and oxygen atoms in total. The molecule has 1 aromatic rings. The smallest absolute Gasteiger partial charge is 0.275 e. The highest BCUT2D eigenvalue weighted by Gasteiger charge is 2.31. The van der Waals surface area contributed by atoms with Crippen molar-refractivity contribution in [2.24, 2.45) is 0 Å². The first kappa shape index (κ1) is 12.2. The van der Waals surface area contributed by atoms with Gasteiger partial charge in [0.05, 0.1) is 12.1 Å². The zero-order chi connectivity index (χ0) is 11.5. The quantitative estimate of drug-likeness (QED) is 0.871. The molecule has 1 N–H and O–H groups in total. The molecule has 0 saturated heterocycles. The predicted octanol–water partition coefficient (Wildman–Crippen LogP) is 2.82. The van der Waals surface area contributed by atoms with E-state index in [9.17, 15) is 8.78 Å². The van der Waals surface area contributed by atoms with Gasteiger partial charge in [0.2, 0.25) is 0 Å². The lowest BCUT2D eigenvalue weighted by Gasteiger charge is -2.16. The van der Waals surface area contributed by atoms with Gasteiger partial charge in [-0.25, -0.2) is 8.78 Å². The zero-order valence-electron chi connectivity index (χ0n) is 8.14. The van der Waals surface area contributed by atoms with Crippen molar-refractivity contribution in [3.63, 3.8) is 0 Å². The molecule has 0 aliphatic rings. The van der Waals surface area contributed by atoms with Crippen LogP contribution in [0, 0.1) is 0 Å². The van der Waals surface area contributed by atoms with Crippen LogP contribution in [0.3, 0.4) is 0 Å². The lowest BCUT2D eigenvalue weighted by atomic mass is 10.1. The summed E-state index contributed by atoms with van der Waals surface area (Å²) < 4.78 is 31.5. The van der Waals surface area contributed by atoms with E-state index in [2.05, 4.69) is 0 Å². The van der Waals surface area contributed by atoms with Gasteiger partial charge in [0, 0.05) is 18.6 Å². The maximum atomic E-state index is 13.3. The molecule has 84 valence electrons. The third kappa shape index (κ3) is 2.79. The van der Waals surface area contributed by atoms with Crippen LogP contribution in [0.1, 0.15) is 12.0 Å². The van der Waals surface area contributed by atoms with Gasteiger partial charge in [-0.2, -0.15) is 0 Å². The van der Waals surface area contributed by atoms with Crippen LogP contribution in [0.25, 0.3) is 0 Å². The van der Waals surface area contributed by atoms with Crippen LogP contribution < -0.4 is 4.74 Å². The van der Waals surface area contributed by atoms with Crippen LogP contribution in [0.4, 0.5) is 8.78 Å². The van der Waals surface area contributed by atoms with Crippen molar-refractivity contribution in [1.29, 1.82) is 0 Å². The van der Waals surface area contributed by atoms with Gasteiger partial charge in [-0.1, -0.05) is 11.6 Å². The summed E-state index contributed by atoms with van der Waals surface area (Å²) in [4.78, 5) is 0. The van der Waals surface area contributed by atoms with Gasteiger partial charge < -0.3 is 9.84 Å². The van der Waals surface area contributed by atoms with Crippen molar-refractivity contribution in [2.75, 3.05) is 13.7 Å². The Morgan fingerprint density at radius 3 is 2.60 bits per heavy atom. The SMILES string of the molecule is COc1ccc(C(F)(F)CCO)cc1Cl. The van der Waals surface area contributed by atoms with Crippen LogP contribution >= 0.6 is 11.6 Å². The summed E-state index contributed by atoms with van der Waals surface area (Å²) in [6.07, 6.45) is -0.615. The first-order valence-corrected chi connectivity index (χ1v) is 4.72. The molecule has 0 spiro atoms. The molecule has 0 saturated carbocycles. The van der Waals surface area contributed by atoms with Crippen molar-refractivity contribution in [2.45, 2.75) is 12.3 Å². The fourth-order valence-electron chi connectivity index (χ4n) is 1.18. The van der Waals surface area contributed by atoms with Gasteiger partial charge in [0.25, 0.3) is 5.92 Å². The minimum absolute atomic E-state index is 0.132. The molecule has 0 bridgehead atoms. The molecule has 0 aromatic heterocycles. The average molecular weight is 237 g/mol. The summed E-state index contributed by atoms with van der Waals surface area (Å²) in [5.74, 6) is -2.72. The number of methoxy groups -OCH3 is 1. The second kappa shape index (κ2) is 4.77. The van der Waals surface area contributed by atoms with Gasteiger partial charge in [-0.3, -0.25) is 0 Å². The number of alkyl halides is 2. The van der Waals surface area contributed by atoms with E-state index in [-0.39, 0.29) is 10.6 Å². The van der Waals surface area contributed by atoms with Gasteiger partial charge in [-0.15, -0.1) is 0 Å². The van der Waals surface area contributed by atoms with Crippen molar-refractivity contribution in [3.8, 4) is 5.75 Å². The van der Waals surface area contributed by atoms with Crippen LogP contribution in [0.5, 0.6) is 5.75 Å². The van der Waals surface area contributed by atoms with Gasteiger partial charge in [0.15, 0.2) is 0 Å². The number of ether oxygens (including phenoxy) is 1. The highest BCUT2D eigenvalue weighted by atomic mass is 35.5. The third-order valence-electron chi connectivity index (χ3n) is 2.00. The second-order valence-corrected chi connectivity index (χ2v) is 3.43. The molecular weight excluding hydrogens is 226 g/mol. The predicted molar refractivity (Wildman–Crippen MR) is 53.6 cm³/mol. The highest BCUT2D eigenvalue weighted by Crippen LogP contribution is 2.35. The number of aliphatic hydroxyl groups is 1. The Hall–Kier alpha value is -0.870. The van der Waals surface area contributed by atoms with Crippen LogP contribution in [-0.2, 0) is 5.92 Å². The Bertz CT molecular complexity index is 342. The summed E-state index contributed by atoms with van der Waals surface area (Å²) in [7, 11) is 1.41. The molecule has 15 heavy (non-hydrogen) atoms. The lowest BCUT2D eigenvalue weighted by molar-refractivity contribution is -0.0269.